The van der Waals surface area contributed by atoms with E-state index in [0.29, 0.717) is 6.42 Å². The Morgan fingerprint density at radius 3 is 1.92 bits per heavy atom. The molecule has 1 aliphatic carbocycles. The van der Waals surface area contributed by atoms with Crippen molar-refractivity contribution in [1.29, 1.82) is 0 Å². The van der Waals surface area contributed by atoms with Crippen molar-refractivity contribution in [2.24, 2.45) is 0 Å². The van der Waals surface area contributed by atoms with Gasteiger partial charge in [-0.25, -0.2) is 0 Å². The first kappa shape index (κ1) is 22.0. The fourth-order valence-corrected chi connectivity index (χ4v) is 3.14. The molecule has 26 heavy (non-hydrogen) atoms. The Morgan fingerprint density at radius 1 is 0.885 bits per heavy atom. The predicted molar refractivity (Wildman–Crippen MR) is 99.4 cm³/mol. The summed E-state index contributed by atoms with van der Waals surface area (Å²) in [4.78, 5) is 47.5. The molecule has 0 aliphatic heterocycles. The molecular formula is C21H30O5. The summed E-state index contributed by atoms with van der Waals surface area (Å²) in [7, 11) is 0. The van der Waals surface area contributed by atoms with Gasteiger partial charge in [-0.3, -0.25) is 19.2 Å². The Morgan fingerprint density at radius 2 is 1.42 bits per heavy atom. The van der Waals surface area contributed by atoms with Gasteiger partial charge in [-0.2, -0.15) is 0 Å². The van der Waals surface area contributed by atoms with Gasteiger partial charge in [0.2, 0.25) is 5.78 Å². The molecule has 1 rings (SSSR count). The quantitative estimate of drug-likeness (QED) is 0.223. The molecule has 0 heterocycles. The van der Waals surface area contributed by atoms with Crippen LogP contribution in [0.1, 0.15) is 85.0 Å². The normalized spacial score (nSPS) is 14.5. The predicted octanol–water partition coefficient (Wildman–Crippen LogP) is 4.39. The summed E-state index contributed by atoms with van der Waals surface area (Å²) in [6, 6.07) is 0. The van der Waals surface area contributed by atoms with E-state index in [0.717, 1.165) is 31.8 Å². The van der Waals surface area contributed by atoms with Crippen LogP contribution in [0.2, 0.25) is 0 Å². The van der Waals surface area contributed by atoms with Gasteiger partial charge in [0.15, 0.2) is 17.3 Å². The summed E-state index contributed by atoms with van der Waals surface area (Å²) in [5.41, 5.74) is 0.120. The van der Waals surface area contributed by atoms with E-state index in [1.165, 1.54) is 46.0 Å². The van der Waals surface area contributed by atoms with Crippen LogP contribution < -0.4 is 0 Å². The molecule has 0 aromatic carbocycles. The van der Waals surface area contributed by atoms with Crippen LogP contribution >= 0.6 is 0 Å². The molecule has 0 aromatic heterocycles. The standard InChI is InChI=1S/C21H30O5/c1-4-5-6-7-8-9-10-11-12-13-17-20(15(2)22)18(24)14-19(21(17)25)26-16(3)23/h14H,4-13H2,1-3H3. The zero-order chi connectivity index (χ0) is 19.5. The number of unbranched alkanes of at least 4 members (excludes halogenated alkanes) is 8. The number of carbonyl (C=O) groups is 4. The third-order valence-corrected chi connectivity index (χ3v) is 4.44. The fraction of sp³-hybridized carbons (Fsp3) is 0.619. The number of hydrogen-bond acceptors (Lipinski definition) is 5. The Hall–Kier alpha value is -2.04. The van der Waals surface area contributed by atoms with E-state index in [1.54, 1.807) is 0 Å². The minimum absolute atomic E-state index is 0.0644. The first-order valence-corrected chi connectivity index (χ1v) is 9.61. The zero-order valence-corrected chi connectivity index (χ0v) is 16.2. The van der Waals surface area contributed by atoms with Crippen molar-refractivity contribution < 1.29 is 23.9 Å². The van der Waals surface area contributed by atoms with Crippen LogP contribution in [-0.2, 0) is 23.9 Å². The highest BCUT2D eigenvalue weighted by molar-refractivity contribution is 6.33. The second kappa shape index (κ2) is 11.6. The van der Waals surface area contributed by atoms with Crippen LogP contribution in [0.5, 0.6) is 0 Å². The Kier molecular flexibility index (Phi) is 9.78. The van der Waals surface area contributed by atoms with Crippen LogP contribution in [0.25, 0.3) is 0 Å². The topological polar surface area (TPSA) is 77.5 Å². The van der Waals surface area contributed by atoms with Gasteiger partial charge in [0.1, 0.15) is 0 Å². The van der Waals surface area contributed by atoms with Crippen molar-refractivity contribution >= 4 is 23.3 Å². The van der Waals surface area contributed by atoms with Crippen molar-refractivity contribution in [3.63, 3.8) is 0 Å². The smallest absolute Gasteiger partial charge is 0.308 e. The van der Waals surface area contributed by atoms with E-state index in [2.05, 4.69) is 6.92 Å². The molecule has 0 spiro atoms. The largest absolute Gasteiger partial charge is 0.422 e. The van der Waals surface area contributed by atoms with Crippen molar-refractivity contribution in [3.8, 4) is 0 Å². The zero-order valence-electron chi connectivity index (χ0n) is 16.2. The highest BCUT2D eigenvalue weighted by Crippen LogP contribution is 2.26. The SMILES string of the molecule is CCCCCCCCCCCC1=C(C(C)=O)C(=O)C=C(OC(C)=O)C1=O. The van der Waals surface area contributed by atoms with Gasteiger partial charge in [0, 0.05) is 18.6 Å². The minimum atomic E-state index is -0.661. The molecule has 0 fully saturated rings. The lowest BCUT2D eigenvalue weighted by Crippen LogP contribution is -2.25. The maximum Gasteiger partial charge on any atom is 0.308 e. The molecule has 0 N–H and O–H groups in total. The molecular weight excluding hydrogens is 332 g/mol. The van der Waals surface area contributed by atoms with Crippen molar-refractivity contribution in [2.45, 2.75) is 85.0 Å². The lowest BCUT2D eigenvalue weighted by Gasteiger charge is -2.17. The maximum absolute atomic E-state index is 12.5. The molecule has 0 aromatic rings. The van der Waals surface area contributed by atoms with E-state index < -0.39 is 23.3 Å². The van der Waals surface area contributed by atoms with E-state index in [4.69, 9.17) is 4.74 Å². The van der Waals surface area contributed by atoms with Gasteiger partial charge in [0.05, 0.1) is 5.57 Å². The molecule has 1 aliphatic rings. The summed E-state index contributed by atoms with van der Waals surface area (Å²) >= 11 is 0. The number of esters is 1. The number of carbonyl (C=O) groups excluding carboxylic acids is 4. The van der Waals surface area contributed by atoms with E-state index >= 15 is 0 Å². The highest BCUT2D eigenvalue weighted by atomic mass is 16.5. The van der Waals surface area contributed by atoms with E-state index in [1.807, 2.05) is 0 Å². The number of ether oxygens (including phenoxy) is 1. The number of hydrogen-bond donors (Lipinski definition) is 0. The number of rotatable bonds is 12. The average molecular weight is 362 g/mol. The molecule has 0 saturated heterocycles. The summed E-state index contributed by atoms with van der Waals surface area (Å²) in [5, 5.41) is 0. The monoisotopic (exact) mass is 362 g/mol. The number of Topliss-reactive ketones (excluding diaryl/α,β-unsaturated/α-hetero) is 2. The Bertz CT molecular complexity index is 610. The van der Waals surface area contributed by atoms with E-state index in [9.17, 15) is 19.2 Å². The lowest BCUT2D eigenvalue weighted by molar-refractivity contribution is -0.139. The van der Waals surface area contributed by atoms with Gasteiger partial charge in [-0.1, -0.05) is 58.3 Å². The van der Waals surface area contributed by atoms with Crippen LogP contribution in [-0.4, -0.2) is 23.3 Å². The summed E-state index contributed by atoms with van der Waals surface area (Å²) in [6.45, 7) is 4.65. The maximum atomic E-state index is 12.5. The molecule has 5 nitrogen and oxygen atoms in total. The molecule has 0 bridgehead atoms. The summed E-state index contributed by atoms with van der Waals surface area (Å²) in [5.74, 6) is -2.44. The van der Waals surface area contributed by atoms with Crippen molar-refractivity contribution in [1.82, 2.24) is 0 Å². The highest BCUT2D eigenvalue weighted by Gasteiger charge is 2.32. The van der Waals surface area contributed by atoms with Gasteiger partial charge in [0.25, 0.3) is 0 Å². The Balaban J connectivity index is 2.56. The first-order valence-electron chi connectivity index (χ1n) is 9.61. The van der Waals surface area contributed by atoms with Crippen molar-refractivity contribution in [3.05, 3.63) is 23.0 Å². The van der Waals surface area contributed by atoms with Crippen LogP contribution in [0.15, 0.2) is 23.0 Å². The number of ketones is 3. The van der Waals surface area contributed by atoms with Crippen LogP contribution in [0.3, 0.4) is 0 Å². The summed E-state index contributed by atoms with van der Waals surface area (Å²) in [6.07, 6.45) is 11.5. The third kappa shape index (κ3) is 7.06. The molecule has 0 saturated carbocycles. The van der Waals surface area contributed by atoms with Gasteiger partial charge in [-0.05, 0) is 19.8 Å². The Labute approximate surface area is 155 Å². The molecule has 0 atom stereocenters. The average Bonchev–Trinajstić information content (AvgIpc) is 2.56. The van der Waals surface area contributed by atoms with Gasteiger partial charge >= 0.3 is 5.97 Å². The second-order valence-electron chi connectivity index (χ2n) is 6.78. The first-order chi connectivity index (χ1) is 12.4. The van der Waals surface area contributed by atoms with Gasteiger partial charge < -0.3 is 4.74 Å². The van der Waals surface area contributed by atoms with Crippen LogP contribution in [0.4, 0.5) is 0 Å². The number of allylic oxidation sites excluding steroid dienone is 3. The van der Waals surface area contributed by atoms with Crippen LogP contribution in [0, 0.1) is 0 Å². The van der Waals surface area contributed by atoms with Gasteiger partial charge in [-0.15, -0.1) is 0 Å². The lowest BCUT2D eigenvalue weighted by atomic mass is 9.88. The third-order valence-electron chi connectivity index (χ3n) is 4.44. The molecule has 5 heteroatoms. The molecule has 0 amide bonds. The molecule has 144 valence electrons. The fourth-order valence-electron chi connectivity index (χ4n) is 3.14. The minimum Gasteiger partial charge on any atom is -0.422 e. The molecule has 0 unspecified atom stereocenters. The van der Waals surface area contributed by atoms with Crippen molar-refractivity contribution in [2.75, 3.05) is 0 Å². The van der Waals surface area contributed by atoms with E-state index in [-0.39, 0.29) is 16.9 Å². The second-order valence-corrected chi connectivity index (χ2v) is 6.78. The molecule has 0 radical (unpaired) electrons. The summed E-state index contributed by atoms with van der Waals surface area (Å²) < 4.78 is 4.83.